The van der Waals surface area contributed by atoms with Gasteiger partial charge in [-0.3, -0.25) is 0 Å². The second-order valence-corrected chi connectivity index (χ2v) is 5.64. The molecule has 0 heterocycles. The van der Waals surface area contributed by atoms with Crippen molar-refractivity contribution >= 4 is 0 Å². The first-order valence-corrected chi connectivity index (χ1v) is 7.78. The molecule has 0 saturated heterocycles. The van der Waals surface area contributed by atoms with Crippen molar-refractivity contribution in [2.24, 2.45) is 10.2 Å². The number of unbranched alkanes of at least 4 members (excludes halogenated alkanes) is 3. The van der Waals surface area contributed by atoms with Gasteiger partial charge in [-0.1, -0.05) is 46.5 Å². The van der Waals surface area contributed by atoms with E-state index in [9.17, 15) is 10.5 Å². The molecule has 0 fully saturated rings. The highest BCUT2D eigenvalue weighted by Crippen LogP contribution is 2.27. The van der Waals surface area contributed by atoms with Gasteiger partial charge in [0.2, 0.25) is 0 Å². The van der Waals surface area contributed by atoms with Crippen LogP contribution in [0.3, 0.4) is 0 Å². The first kappa shape index (κ1) is 18.6. The van der Waals surface area contributed by atoms with Crippen LogP contribution in [-0.2, 0) is 0 Å². The monoisotopic (exact) mass is 276 g/mol. The summed E-state index contributed by atoms with van der Waals surface area (Å²) in [6.07, 6.45) is 7.25. The molecule has 0 radical (unpaired) electrons. The Hall–Kier alpha value is -1.42. The fourth-order valence-corrected chi connectivity index (χ4v) is 1.98. The summed E-state index contributed by atoms with van der Waals surface area (Å²) < 4.78 is 0. The predicted molar refractivity (Wildman–Crippen MR) is 81.2 cm³/mol. The first-order chi connectivity index (χ1) is 9.51. The van der Waals surface area contributed by atoms with Crippen LogP contribution in [0.25, 0.3) is 0 Å². The van der Waals surface area contributed by atoms with Crippen molar-refractivity contribution in [2.45, 2.75) is 90.1 Å². The van der Waals surface area contributed by atoms with Gasteiger partial charge in [0.1, 0.15) is 0 Å². The average Bonchev–Trinajstić information content (AvgIpc) is 2.49. The molecule has 0 aliphatic carbocycles. The van der Waals surface area contributed by atoms with Crippen LogP contribution in [0.1, 0.15) is 79.1 Å². The number of nitrogens with zero attached hydrogens (tertiary/aromatic N) is 4. The molecule has 0 spiro atoms. The molecular weight excluding hydrogens is 248 g/mol. The zero-order valence-electron chi connectivity index (χ0n) is 13.4. The predicted octanol–water partition coefficient (Wildman–Crippen LogP) is 5.16. The van der Waals surface area contributed by atoms with Gasteiger partial charge in [-0.2, -0.15) is 20.8 Å². The molecule has 20 heavy (non-hydrogen) atoms. The molecule has 112 valence electrons. The van der Waals surface area contributed by atoms with Crippen molar-refractivity contribution in [2.75, 3.05) is 0 Å². The van der Waals surface area contributed by atoms with Crippen molar-refractivity contribution < 1.29 is 0 Å². The highest BCUT2D eigenvalue weighted by Gasteiger charge is 2.30. The lowest BCUT2D eigenvalue weighted by Gasteiger charge is -2.21. The molecule has 0 aliphatic heterocycles. The van der Waals surface area contributed by atoms with Crippen LogP contribution >= 0.6 is 0 Å². The second-order valence-electron chi connectivity index (χ2n) is 5.64. The summed E-state index contributed by atoms with van der Waals surface area (Å²) in [5, 5.41) is 27.3. The SMILES string of the molecule is CCCCCC(C#N)(CC)N=NC(C)(C#N)CCCC. The highest BCUT2D eigenvalue weighted by molar-refractivity contribution is 5.08. The van der Waals surface area contributed by atoms with Crippen LogP contribution in [0.5, 0.6) is 0 Å². The van der Waals surface area contributed by atoms with Gasteiger partial charge in [0, 0.05) is 0 Å². The summed E-state index contributed by atoms with van der Waals surface area (Å²) in [5.74, 6) is 0. The molecular formula is C16H28N4. The Morgan fingerprint density at radius 1 is 0.850 bits per heavy atom. The van der Waals surface area contributed by atoms with Crippen LogP contribution in [0.4, 0.5) is 0 Å². The van der Waals surface area contributed by atoms with Gasteiger partial charge < -0.3 is 0 Å². The molecule has 0 saturated carbocycles. The fourth-order valence-electron chi connectivity index (χ4n) is 1.98. The number of nitriles is 2. The highest BCUT2D eigenvalue weighted by atomic mass is 15.2. The van der Waals surface area contributed by atoms with E-state index in [1.165, 1.54) is 0 Å². The van der Waals surface area contributed by atoms with Gasteiger partial charge in [-0.15, -0.1) is 0 Å². The van der Waals surface area contributed by atoms with E-state index in [0.29, 0.717) is 12.8 Å². The van der Waals surface area contributed by atoms with Crippen molar-refractivity contribution in [3.8, 4) is 12.1 Å². The van der Waals surface area contributed by atoms with Crippen LogP contribution < -0.4 is 0 Å². The minimum atomic E-state index is -0.794. The van der Waals surface area contributed by atoms with E-state index in [-0.39, 0.29) is 0 Å². The molecule has 4 nitrogen and oxygen atoms in total. The van der Waals surface area contributed by atoms with Gasteiger partial charge in [-0.25, -0.2) is 0 Å². The number of rotatable bonds is 10. The molecule has 2 atom stereocenters. The van der Waals surface area contributed by atoms with Gasteiger partial charge in [0.15, 0.2) is 11.1 Å². The van der Waals surface area contributed by atoms with Gasteiger partial charge in [0.25, 0.3) is 0 Å². The third-order valence-electron chi connectivity index (χ3n) is 3.71. The summed E-state index contributed by atoms with van der Waals surface area (Å²) in [6.45, 7) is 7.99. The Labute approximate surface area is 123 Å². The summed E-state index contributed by atoms with van der Waals surface area (Å²) in [6, 6.07) is 4.54. The topological polar surface area (TPSA) is 72.3 Å². The fraction of sp³-hybridized carbons (Fsp3) is 0.875. The minimum absolute atomic E-state index is 0.645. The Balaban J connectivity index is 4.91. The minimum Gasteiger partial charge on any atom is -0.196 e. The van der Waals surface area contributed by atoms with Crippen molar-refractivity contribution in [3.05, 3.63) is 0 Å². The maximum absolute atomic E-state index is 9.43. The largest absolute Gasteiger partial charge is 0.196 e. The number of hydrogen-bond acceptors (Lipinski definition) is 4. The van der Waals surface area contributed by atoms with Crippen molar-refractivity contribution in [3.63, 3.8) is 0 Å². The molecule has 0 N–H and O–H groups in total. The summed E-state index contributed by atoms with van der Waals surface area (Å²) >= 11 is 0. The normalized spacial score (nSPS) is 17.1. The number of azo groups is 1. The average molecular weight is 276 g/mol. The Kier molecular flexibility index (Phi) is 8.81. The lowest BCUT2D eigenvalue weighted by molar-refractivity contribution is 0.401. The number of hydrogen-bond donors (Lipinski definition) is 0. The van der Waals surface area contributed by atoms with Crippen molar-refractivity contribution in [1.82, 2.24) is 0 Å². The Morgan fingerprint density at radius 2 is 1.50 bits per heavy atom. The lowest BCUT2D eigenvalue weighted by atomic mass is 9.92. The summed E-state index contributed by atoms with van der Waals surface area (Å²) in [4.78, 5) is 0. The third kappa shape index (κ3) is 6.15. The molecule has 0 aliphatic rings. The van der Waals surface area contributed by atoms with Crippen LogP contribution in [0.2, 0.25) is 0 Å². The maximum atomic E-state index is 9.43. The maximum Gasteiger partial charge on any atom is 0.167 e. The van der Waals surface area contributed by atoms with Crippen LogP contribution in [0.15, 0.2) is 10.2 Å². The molecule has 2 unspecified atom stereocenters. The van der Waals surface area contributed by atoms with E-state index >= 15 is 0 Å². The molecule has 0 rings (SSSR count). The Morgan fingerprint density at radius 3 is 1.95 bits per heavy atom. The molecule has 0 bridgehead atoms. The van der Waals surface area contributed by atoms with Gasteiger partial charge in [-0.05, 0) is 32.6 Å². The van der Waals surface area contributed by atoms with E-state index in [0.717, 1.165) is 38.5 Å². The lowest BCUT2D eigenvalue weighted by Crippen LogP contribution is -2.26. The quantitative estimate of drug-likeness (QED) is 0.408. The van der Waals surface area contributed by atoms with Crippen molar-refractivity contribution in [1.29, 1.82) is 10.5 Å². The molecule has 0 amide bonds. The molecule has 4 heteroatoms. The first-order valence-electron chi connectivity index (χ1n) is 7.78. The van der Waals surface area contributed by atoms with E-state index in [1.54, 1.807) is 6.92 Å². The van der Waals surface area contributed by atoms with Gasteiger partial charge in [0.05, 0.1) is 12.1 Å². The molecule has 0 aromatic carbocycles. The van der Waals surface area contributed by atoms with Crippen LogP contribution in [0, 0.1) is 22.7 Å². The van der Waals surface area contributed by atoms with Gasteiger partial charge >= 0.3 is 0 Å². The smallest absolute Gasteiger partial charge is 0.167 e. The Bertz CT molecular complexity index is 377. The third-order valence-corrected chi connectivity index (χ3v) is 3.71. The zero-order valence-corrected chi connectivity index (χ0v) is 13.4. The summed E-state index contributed by atoms with van der Waals surface area (Å²) in [7, 11) is 0. The van der Waals surface area contributed by atoms with E-state index in [2.05, 4.69) is 36.2 Å². The van der Waals surface area contributed by atoms with E-state index in [4.69, 9.17) is 0 Å². The van der Waals surface area contributed by atoms with E-state index in [1.807, 2.05) is 6.92 Å². The second kappa shape index (κ2) is 9.48. The standard InChI is InChI=1S/C16H28N4/c1-5-8-10-12-16(7-3,14-18)20-19-15(4,13-17)11-9-6-2/h5-12H2,1-4H3. The van der Waals surface area contributed by atoms with Crippen LogP contribution in [-0.4, -0.2) is 11.1 Å². The van der Waals surface area contributed by atoms with E-state index < -0.39 is 11.1 Å². The zero-order chi connectivity index (χ0) is 15.5. The molecule has 0 aromatic rings. The molecule has 0 aromatic heterocycles. The summed E-state index contributed by atoms with van der Waals surface area (Å²) in [5.41, 5.74) is -1.54.